The minimum atomic E-state index is -1.83. The molecule has 12 aromatic rings. The van der Waals surface area contributed by atoms with Crippen molar-refractivity contribution in [3.63, 3.8) is 0 Å². The number of hydrogen-bond acceptors (Lipinski definition) is 2. The first-order valence-electron chi connectivity index (χ1n) is 26.9. The van der Waals surface area contributed by atoms with Crippen molar-refractivity contribution < 1.29 is 74.8 Å². The van der Waals surface area contributed by atoms with Crippen LogP contribution in [-0.2, 0) is 44.8 Å². The summed E-state index contributed by atoms with van der Waals surface area (Å²) in [4.78, 5) is 17.1. The Labute approximate surface area is 542 Å². The summed E-state index contributed by atoms with van der Waals surface area (Å²) in [7, 11) is -1.78. The van der Waals surface area contributed by atoms with Gasteiger partial charge in [-0.05, 0) is 95.3 Å². The molecule has 0 saturated heterocycles. The normalized spacial score (nSPS) is 9.91. The van der Waals surface area contributed by atoms with E-state index in [2.05, 4.69) is 364 Å². The molecule has 438 valence electrons. The summed E-state index contributed by atoms with van der Waals surface area (Å²) >= 11 is 0. The molecule has 0 saturated carbocycles. The fourth-order valence-electron chi connectivity index (χ4n) is 8.71. The van der Waals surface area contributed by atoms with Crippen LogP contribution in [0, 0.1) is 0 Å². The number of hydrogen-bond donors (Lipinski definition) is 4. The van der Waals surface area contributed by atoms with Crippen molar-refractivity contribution in [3.8, 4) is 0 Å². The van der Waals surface area contributed by atoms with E-state index in [0.717, 1.165) is 0 Å². The van der Waals surface area contributed by atoms with Crippen molar-refractivity contribution in [2.24, 2.45) is 0 Å². The largest absolute Gasteiger partial charge is 0.503 e. The topological polar surface area (TPSA) is 115 Å². The third-order valence-electron chi connectivity index (χ3n) is 12.2. The van der Waals surface area contributed by atoms with Gasteiger partial charge < -0.3 is 20.4 Å². The van der Waals surface area contributed by atoms with Gasteiger partial charge in [0.25, 0.3) is 0 Å². The predicted molar refractivity (Wildman–Crippen MR) is 362 cm³/mol. The maximum absolute atomic E-state index is 8.56. The van der Waals surface area contributed by atoms with E-state index in [-0.39, 0.29) is 44.8 Å². The molecular formula is C74H64Ag2O6P4. The molecule has 6 nitrogen and oxygen atoms in total. The van der Waals surface area contributed by atoms with Crippen molar-refractivity contribution in [1.82, 2.24) is 0 Å². The van der Waals surface area contributed by atoms with E-state index in [1.807, 2.05) is 0 Å². The van der Waals surface area contributed by atoms with Gasteiger partial charge in [-0.25, -0.2) is 9.59 Å². The zero-order valence-corrected chi connectivity index (χ0v) is 53.2. The number of carboxylic acid groups (broad SMARTS) is 4. The first-order chi connectivity index (χ1) is 41.3. The molecule has 0 amide bonds. The van der Waals surface area contributed by atoms with Crippen LogP contribution >= 0.6 is 31.7 Å². The van der Waals surface area contributed by atoms with Crippen LogP contribution in [0.5, 0.6) is 0 Å². The molecule has 12 rings (SSSR count). The third-order valence-corrected chi connectivity index (χ3v) is 21.9. The Morgan fingerprint density at radius 2 is 0.221 bits per heavy atom. The van der Waals surface area contributed by atoms with Gasteiger partial charge >= 0.3 is 12.3 Å². The van der Waals surface area contributed by atoms with Crippen molar-refractivity contribution in [1.29, 1.82) is 0 Å². The Hall–Kier alpha value is -7.62. The molecule has 0 aliphatic rings. The molecule has 0 spiro atoms. The van der Waals surface area contributed by atoms with Gasteiger partial charge in [-0.2, -0.15) is 0 Å². The predicted octanol–water partition coefficient (Wildman–Crippen LogP) is 14.2. The standard InChI is InChI=1S/4C18H15P.2CH2O3.2Ag/c4*1-4-10-16(11-5-1)19(17-12-6-2-7-13-17)18-14-8-3-9-15-18;2*2-1(3)4;;/h4*1-15H;2*(H2,2,3,4);;. The Morgan fingerprint density at radius 3 is 0.279 bits per heavy atom. The molecule has 0 fully saturated rings. The van der Waals surface area contributed by atoms with Crippen LogP contribution < -0.4 is 63.7 Å². The molecule has 12 heteroatoms. The zero-order valence-electron chi connectivity index (χ0n) is 46.6. The van der Waals surface area contributed by atoms with Gasteiger partial charge in [-0.1, -0.05) is 364 Å². The van der Waals surface area contributed by atoms with Crippen molar-refractivity contribution in [3.05, 3.63) is 364 Å². The molecule has 0 aliphatic carbocycles. The van der Waals surface area contributed by atoms with Gasteiger partial charge in [0, 0.05) is 44.8 Å². The summed E-state index contributed by atoms with van der Waals surface area (Å²) in [5, 5.41) is 44.7. The third kappa shape index (κ3) is 23.3. The van der Waals surface area contributed by atoms with Gasteiger partial charge in [0.1, 0.15) is 0 Å². The molecule has 0 aromatic heterocycles. The minimum absolute atomic E-state index is 0. The number of benzene rings is 12. The van der Waals surface area contributed by atoms with Crippen LogP contribution in [-0.4, -0.2) is 32.7 Å². The second-order valence-electron chi connectivity index (χ2n) is 17.9. The maximum Gasteiger partial charge on any atom is 0.503 e. The Morgan fingerprint density at radius 1 is 0.163 bits per heavy atom. The van der Waals surface area contributed by atoms with E-state index in [1.54, 1.807) is 0 Å². The molecule has 2 radical (unpaired) electrons. The molecule has 0 aliphatic heterocycles. The maximum atomic E-state index is 8.56. The van der Waals surface area contributed by atoms with Gasteiger partial charge in [0.05, 0.1) is 0 Å². The molecule has 0 heterocycles. The van der Waals surface area contributed by atoms with E-state index in [4.69, 9.17) is 30.0 Å². The Kier molecular flexibility index (Phi) is 32.1. The molecule has 0 bridgehead atoms. The van der Waals surface area contributed by atoms with E-state index in [9.17, 15) is 0 Å². The first-order valence-corrected chi connectivity index (χ1v) is 32.3. The second-order valence-corrected chi connectivity index (χ2v) is 26.8. The minimum Gasteiger partial charge on any atom is -0.450 e. The van der Waals surface area contributed by atoms with Crippen LogP contribution in [0.4, 0.5) is 9.59 Å². The van der Waals surface area contributed by atoms with E-state index in [0.29, 0.717) is 0 Å². The Bertz CT molecular complexity index is 2810. The smallest absolute Gasteiger partial charge is 0.450 e. The quantitative estimate of drug-likeness (QED) is 0.0716. The average Bonchev–Trinajstić information content (AvgIpc) is 3.61. The SMILES string of the molecule is O=C(O)O.O=C(O)O.[Ag].[Ag].c1ccc(P(c2ccccc2)c2ccccc2)cc1.c1ccc(P(c2ccccc2)c2ccccc2)cc1.c1ccc(P(c2ccccc2)c2ccccc2)cc1.c1ccc(P(c2ccccc2)c2ccccc2)cc1. The van der Waals surface area contributed by atoms with E-state index in [1.165, 1.54) is 63.7 Å². The summed E-state index contributed by atoms with van der Waals surface area (Å²) in [5.41, 5.74) is 0. The van der Waals surface area contributed by atoms with Crippen molar-refractivity contribution in [2.75, 3.05) is 0 Å². The number of rotatable bonds is 12. The van der Waals surface area contributed by atoms with Crippen LogP contribution in [0.25, 0.3) is 0 Å². The monoisotopic (exact) mass is 1390 g/mol. The van der Waals surface area contributed by atoms with Crippen LogP contribution in [0.15, 0.2) is 364 Å². The first kappa shape index (κ1) is 69.2. The van der Waals surface area contributed by atoms with Crippen molar-refractivity contribution in [2.45, 2.75) is 0 Å². The van der Waals surface area contributed by atoms with E-state index < -0.39 is 44.0 Å². The summed E-state index contributed by atoms with van der Waals surface area (Å²) in [6, 6.07) is 129. The summed E-state index contributed by atoms with van der Waals surface area (Å²) in [6.07, 6.45) is -3.67. The zero-order chi connectivity index (χ0) is 58.8. The van der Waals surface area contributed by atoms with Crippen LogP contribution in [0.2, 0.25) is 0 Å². The summed E-state index contributed by atoms with van der Waals surface area (Å²) < 4.78 is 0. The van der Waals surface area contributed by atoms with Crippen molar-refractivity contribution >= 4 is 108 Å². The second kappa shape index (κ2) is 39.9. The molecule has 4 N–H and O–H groups in total. The van der Waals surface area contributed by atoms with Crippen LogP contribution in [0.3, 0.4) is 0 Å². The summed E-state index contributed by atoms with van der Waals surface area (Å²) in [6.45, 7) is 0. The molecule has 0 atom stereocenters. The van der Waals surface area contributed by atoms with Crippen LogP contribution in [0.1, 0.15) is 0 Å². The average molecular weight is 1390 g/mol. The Balaban J connectivity index is 0.000000199. The molecular weight excluding hydrogens is 1320 g/mol. The molecule has 0 unspecified atom stereocenters. The fourth-order valence-corrected chi connectivity index (χ4v) is 17.9. The van der Waals surface area contributed by atoms with Gasteiger partial charge in [0.15, 0.2) is 0 Å². The summed E-state index contributed by atoms with van der Waals surface area (Å²) in [5.74, 6) is 0. The van der Waals surface area contributed by atoms with Gasteiger partial charge in [0.2, 0.25) is 0 Å². The molecule has 12 aromatic carbocycles. The van der Waals surface area contributed by atoms with Gasteiger partial charge in [-0.3, -0.25) is 0 Å². The van der Waals surface area contributed by atoms with E-state index >= 15 is 0 Å². The fraction of sp³-hybridized carbons (Fsp3) is 0. The van der Waals surface area contributed by atoms with Gasteiger partial charge in [-0.15, -0.1) is 0 Å². The molecule has 86 heavy (non-hydrogen) atoms. The number of carbonyl (C=O) groups is 2.